The molecular weight excluding hydrogens is 387 g/mol. The molecule has 1 heterocycles. The summed E-state index contributed by atoms with van der Waals surface area (Å²) < 4.78 is 19.3. The van der Waals surface area contributed by atoms with E-state index in [2.05, 4.69) is 5.32 Å². The standard InChI is InChI=1S/C19H13FN2O5S/c20-13-6-2-3-7-14(13)22-18(26)12(17(25)21-19(22)28)9-11-5-1-4-8-15(11)27-10-16(23)24/h1-9H,10H2,(H,23,24)(H,21,25,28)/b12-9-. The maximum atomic E-state index is 14.2. The molecule has 0 radical (unpaired) electrons. The van der Waals surface area contributed by atoms with E-state index in [1.54, 1.807) is 18.2 Å². The number of hydrogen-bond donors (Lipinski definition) is 2. The number of rotatable bonds is 5. The zero-order valence-corrected chi connectivity index (χ0v) is 15.0. The molecule has 0 saturated carbocycles. The van der Waals surface area contributed by atoms with Gasteiger partial charge in [0.2, 0.25) is 0 Å². The van der Waals surface area contributed by atoms with Crippen LogP contribution in [0.5, 0.6) is 5.75 Å². The van der Waals surface area contributed by atoms with E-state index in [4.69, 9.17) is 22.1 Å². The number of halogens is 1. The molecule has 2 amide bonds. The highest BCUT2D eigenvalue weighted by Crippen LogP contribution is 2.26. The van der Waals surface area contributed by atoms with Gasteiger partial charge in [0.1, 0.15) is 17.1 Å². The second-order valence-electron chi connectivity index (χ2n) is 5.63. The third kappa shape index (κ3) is 3.89. The van der Waals surface area contributed by atoms with Crippen molar-refractivity contribution in [2.24, 2.45) is 0 Å². The lowest BCUT2D eigenvalue weighted by Crippen LogP contribution is -2.54. The highest BCUT2D eigenvalue weighted by Gasteiger charge is 2.35. The minimum absolute atomic E-state index is 0.0983. The highest BCUT2D eigenvalue weighted by molar-refractivity contribution is 7.80. The Kier molecular flexibility index (Phi) is 5.46. The smallest absolute Gasteiger partial charge is 0.341 e. The van der Waals surface area contributed by atoms with E-state index < -0.39 is 30.2 Å². The summed E-state index contributed by atoms with van der Waals surface area (Å²) in [6.45, 7) is -0.592. The SMILES string of the molecule is O=C(O)COc1ccccc1/C=C1/C(=O)NC(=S)N(c2ccccc2F)C1=O. The number of benzene rings is 2. The molecule has 0 unspecified atom stereocenters. The number of carboxylic acid groups (broad SMARTS) is 1. The average Bonchev–Trinajstić information content (AvgIpc) is 2.65. The molecule has 2 N–H and O–H groups in total. The van der Waals surface area contributed by atoms with Crippen LogP contribution in [0.4, 0.5) is 10.1 Å². The van der Waals surface area contributed by atoms with Crippen LogP contribution in [0.25, 0.3) is 6.08 Å². The lowest BCUT2D eigenvalue weighted by atomic mass is 10.1. The van der Waals surface area contributed by atoms with Crippen LogP contribution in [-0.2, 0) is 14.4 Å². The van der Waals surface area contributed by atoms with Gasteiger partial charge in [-0.15, -0.1) is 0 Å². The molecule has 0 spiro atoms. The van der Waals surface area contributed by atoms with Crippen LogP contribution in [0.2, 0.25) is 0 Å². The lowest BCUT2D eigenvalue weighted by molar-refractivity contribution is -0.139. The molecule has 142 valence electrons. The summed E-state index contributed by atoms with van der Waals surface area (Å²) in [4.78, 5) is 36.8. The van der Waals surface area contributed by atoms with Crippen molar-refractivity contribution in [3.05, 3.63) is 65.5 Å². The second-order valence-corrected chi connectivity index (χ2v) is 6.02. The Morgan fingerprint density at radius 2 is 1.86 bits per heavy atom. The van der Waals surface area contributed by atoms with Crippen molar-refractivity contribution in [1.82, 2.24) is 5.32 Å². The van der Waals surface area contributed by atoms with E-state index in [0.717, 1.165) is 4.90 Å². The first-order valence-electron chi connectivity index (χ1n) is 7.98. The summed E-state index contributed by atoms with van der Waals surface area (Å²) in [7, 11) is 0. The van der Waals surface area contributed by atoms with Crippen LogP contribution in [-0.4, -0.2) is 34.6 Å². The molecule has 1 aliphatic heterocycles. The van der Waals surface area contributed by atoms with Crippen molar-refractivity contribution in [3.63, 3.8) is 0 Å². The number of nitrogens with zero attached hydrogens (tertiary/aromatic N) is 1. The number of carbonyl (C=O) groups excluding carboxylic acids is 2. The zero-order valence-electron chi connectivity index (χ0n) is 14.2. The maximum Gasteiger partial charge on any atom is 0.341 e. The molecule has 1 fully saturated rings. The van der Waals surface area contributed by atoms with Crippen molar-refractivity contribution in [3.8, 4) is 5.75 Å². The molecule has 2 aromatic rings. The molecule has 0 atom stereocenters. The van der Waals surface area contributed by atoms with Crippen LogP contribution >= 0.6 is 12.2 Å². The summed E-state index contributed by atoms with van der Waals surface area (Å²) in [6, 6.07) is 11.8. The third-order valence-electron chi connectivity index (χ3n) is 3.77. The van der Waals surface area contributed by atoms with Crippen LogP contribution in [0.15, 0.2) is 54.1 Å². The Morgan fingerprint density at radius 3 is 2.57 bits per heavy atom. The van der Waals surface area contributed by atoms with Crippen LogP contribution in [0, 0.1) is 5.82 Å². The van der Waals surface area contributed by atoms with Gasteiger partial charge >= 0.3 is 5.97 Å². The van der Waals surface area contributed by atoms with Gasteiger partial charge in [0.25, 0.3) is 11.8 Å². The van der Waals surface area contributed by atoms with E-state index >= 15 is 0 Å². The van der Waals surface area contributed by atoms with Gasteiger partial charge in [-0.25, -0.2) is 14.1 Å². The van der Waals surface area contributed by atoms with Crippen LogP contribution in [0.1, 0.15) is 5.56 Å². The van der Waals surface area contributed by atoms with Gasteiger partial charge in [-0.3, -0.25) is 14.9 Å². The summed E-state index contributed by atoms with van der Waals surface area (Å²) in [6.07, 6.45) is 1.24. The molecular formula is C19H13FN2O5S. The molecule has 0 aliphatic carbocycles. The first-order valence-corrected chi connectivity index (χ1v) is 8.39. The first kappa shape index (κ1) is 19.2. The van der Waals surface area contributed by atoms with E-state index in [-0.39, 0.29) is 22.1 Å². The molecule has 0 aromatic heterocycles. The van der Waals surface area contributed by atoms with Crippen molar-refractivity contribution in [2.75, 3.05) is 11.5 Å². The number of anilines is 1. The lowest BCUT2D eigenvalue weighted by Gasteiger charge is -2.29. The second kappa shape index (κ2) is 7.97. The topological polar surface area (TPSA) is 95.9 Å². The highest BCUT2D eigenvalue weighted by atomic mass is 32.1. The maximum absolute atomic E-state index is 14.2. The van der Waals surface area contributed by atoms with E-state index in [1.165, 1.54) is 36.4 Å². The van der Waals surface area contributed by atoms with E-state index in [0.29, 0.717) is 5.56 Å². The fourth-order valence-electron chi connectivity index (χ4n) is 2.54. The Balaban J connectivity index is 2.01. The van der Waals surface area contributed by atoms with Gasteiger partial charge in [0.05, 0.1) is 5.69 Å². The van der Waals surface area contributed by atoms with Gasteiger partial charge in [-0.05, 0) is 36.5 Å². The van der Waals surface area contributed by atoms with Crippen molar-refractivity contribution in [2.45, 2.75) is 0 Å². The molecule has 7 nitrogen and oxygen atoms in total. The largest absolute Gasteiger partial charge is 0.481 e. The predicted octanol–water partition coefficient (Wildman–Crippen LogP) is 2.12. The minimum Gasteiger partial charge on any atom is -0.481 e. The number of hydrogen-bond acceptors (Lipinski definition) is 5. The van der Waals surface area contributed by atoms with Gasteiger partial charge in [0, 0.05) is 5.56 Å². The van der Waals surface area contributed by atoms with Gasteiger partial charge in [0.15, 0.2) is 11.7 Å². The Morgan fingerprint density at radius 1 is 1.18 bits per heavy atom. The fourth-order valence-corrected chi connectivity index (χ4v) is 2.81. The summed E-state index contributed by atoms with van der Waals surface area (Å²) in [5.41, 5.74) is -0.0920. The fraction of sp³-hybridized carbons (Fsp3) is 0.0526. The van der Waals surface area contributed by atoms with E-state index in [1.807, 2.05) is 0 Å². The molecule has 0 bridgehead atoms. The van der Waals surface area contributed by atoms with Crippen LogP contribution < -0.4 is 15.0 Å². The van der Waals surface area contributed by atoms with Crippen molar-refractivity contribution < 1.29 is 28.6 Å². The number of carboxylic acids is 1. The molecule has 9 heteroatoms. The summed E-state index contributed by atoms with van der Waals surface area (Å²) in [5, 5.41) is 10.9. The molecule has 1 saturated heterocycles. The predicted molar refractivity (Wildman–Crippen MR) is 102 cm³/mol. The van der Waals surface area contributed by atoms with Crippen molar-refractivity contribution in [1.29, 1.82) is 0 Å². The quantitative estimate of drug-likeness (QED) is 0.454. The Hall–Kier alpha value is -3.59. The number of amides is 2. The number of nitrogens with one attached hydrogen (secondary N) is 1. The number of carbonyl (C=O) groups is 3. The number of ether oxygens (including phenoxy) is 1. The van der Waals surface area contributed by atoms with Gasteiger partial charge < -0.3 is 9.84 Å². The number of aliphatic carboxylic acids is 1. The number of thiocarbonyl (C=S) groups is 1. The van der Waals surface area contributed by atoms with E-state index in [9.17, 15) is 18.8 Å². The zero-order chi connectivity index (χ0) is 20.3. The van der Waals surface area contributed by atoms with Crippen molar-refractivity contribution >= 4 is 46.9 Å². The van der Waals surface area contributed by atoms with Crippen LogP contribution in [0.3, 0.4) is 0 Å². The summed E-state index contributed by atoms with van der Waals surface area (Å²) in [5.74, 6) is -3.25. The average molecular weight is 400 g/mol. The summed E-state index contributed by atoms with van der Waals surface area (Å²) >= 11 is 5.03. The first-order chi connectivity index (χ1) is 13.4. The Bertz CT molecular complexity index is 1020. The third-order valence-corrected chi connectivity index (χ3v) is 4.05. The van der Waals surface area contributed by atoms with Gasteiger partial charge in [-0.2, -0.15) is 0 Å². The number of para-hydroxylation sites is 2. The monoisotopic (exact) mass is 400 g/mol. The molecule has 1 aliphatic rings. The molecule has 3 rings (SSSR count). The molecule has 2 aromatic carbocycles. The normalized spacial score (nSPS) is 15.5. The molecule has 28 heavy (non-hydrogen) atoms. The minimum atomic E-state index is -1.18. The Labute approximate surface area is 164 Å². The van der Waals surface area contributed by atoms with Gasteiger partial charge in [-0.1, -0.05) is 30.3 Å².